The molecule has 0 aliphatic carbocycles. The van der Waals surface area contributed by atoms with Crippen molar-refractivity contribution in [3.63, 3.8) is 0 Å². The van der Waals surface area contributed by atoms with Gasteiger partial charge in [-0.3, -0.25) is 14.4 Å². The second-order valence-electron chi connectivity index (χ2n) is 6.95. The predicted octanol–water partition coefficient (Wildman–Crippen LogP) is 3.73. The Morgan fingerprint density at radius 2 is 1.68 bits per heavy atom. The van der Waals surface area contributed by atoms with Gasteiger partial charge in [0.25, 0.3) is 17.7 Å². The van der Waals surface area contributed by atoms with Gasteiger partial charge in [0.2, 0.25) is 0 Å². The number of carbonyl (C=O) groups is 3. The van der Waals surface area contributed by atoms with E-state index in [-0.39, 0.29) is 17.7 Å². The molecule has 0 radical (unpaired) electrons. The van der Waals surface area contributed by atoms with Crippen LogP contribution in [0.2, 0.25) is 0 Å². The van der Waals surface area contributed by atoms with Crippen molar-refractivity contribution in [2.45, 2.75) is 0 Å². The largest absolute Gasteiger partial charge is 0.378 e. The third kappa shape index (κ3) is 4.99. The molecule has 0 spiro atoms. The predicted molar refractivity (Wildman–Crippen MR) is 120 cm³/mol. The lowest BCUT2D eigenvalue weighted by atomic mass is 10.1. The van der Waals surface area contributed by atoms with Gasteiger partial charge < -0.3 is 20.3 Å². The van der Waals surface area contributed by atoms with Crippen LogP contribution < -0.4 is 10.6 Å². The summed E-state index contributed by atoms with van der Waals surface area (Å²) in [4.78, 5) is 39.7. The van der Waals surface area contributed by atoms with E-state index in [1.54, 1.807) is 64.9 Å². The number of rotatable bonds is 5. The summed E-state index contributed by atoms with van der Waals surface area (Å²) in [6, 6.07) is 15.4. The monoisotopic (exact) mass is 435 g/mol. The van der Waals surface area contributed by atoms with Crippen LogP contribution in [0.3, 0.4) is 0 Å². The Morgan fingerprint density at radius 3 is 2.45 bits per heavy atom. The van der Waals surface area contributed by atoms with Gasteiger partial charge in [-0.1, -0.05) is 18.2 Å². The first-order valence-electron chi connectivity index (χ1n) is 9.83. The van der Waals surface area contributed by atoms with Gasteiger partial charge in [0.15, 0.2) is 0 Å². The fraction of sp³-hybridized carbons (Fsp3) is 0.174. The van der Waals surface area contributed by atoms with Crippen LogP contribution in [-0.2, 0) is 4.74 Å². The molecule has 2 aromatic carbocycles. The van der Waals surface area contributed by atoms with Gasteiger partial charge in [-0.15, -0.1) is 0 Å². The summed E-state index contributed by atoms with van der Waals surface area (Å²) in [5.41, 5.74) is 2.28. The van der Waals surface area contributed by atoms with Crippen LogP contribution in [0, 0.1) is 0 Å². The Kier molecular flexibility index (Phi) is 6.40. The zero-order valence-electron chi connectivity index (χ0n) is 16.7. The second-order valence-corrected chi connectivity index (χ2v) is 7.73. The van der Waals surface area contributed by atoms with Crippen LogP contribution in [0.25, 0.3) is 0 Å². The summed E-state index contributed by atoms with van der Waals surface area (Å²) in [6.07, 6.45) is 0. The van der Waals surface area contributed by atoms with Crippen molar-refractivity contribution in [2.24, 2.45) is 0 Å². The zero-order valence-corrected chi connectivity index (χ0v) is 17.5. The maximum absolute atomic E-state index is 12.9. The average Bonchev–Trinajstić information content (AvgIpc) is 3.35. The number of amides is 3. The molecule has 7 nitrogen and oxygen atoms in total. The molecule has 158 valence electrons. The fourth-order valence-electron chi connectivity index (χ4n) is 3.26. The van der Waals surface area contributed by atoms with Crippen molar-refractivity contribution in [3.05, 3.63) is 82.0 Å². The van der Waals surface area contributed by atoms with Gasteiger partial charge in [-0.2, -0.15) is 11.3 Å². The number of thiophene rings is 1. The molecule has 1 aliphatic heterocycles. The van der Waals surface area contributed by atoms with Crippen LogP contribution in [0.1, 0.15) is 31.1 Å². The zero-order chi connectivity index (χ0) is 21.6. The summed E-state index contributed by atoms with van der Waals surface area (Å²) in [5.74, 6) is -0.750. The van der Waals surface area contributed by atoms with Crippen molar-refractivity contribution in [1.29, 1.82) is 0 Å². The molecule has 3 amide bonds. The molecule has 4 rings (SSSR count). The van der Waals surface area contributed by atoms with Crippen molar-refractivity contribution < 1.29 is 19.1 Å². The number of hydrogen-bond acceptors (Lipinski definition) is 5. The highest BCUT2D eigenvalue weighted by molar-refractivity contribution is 7.08. The van der Waals surface area contributed by atoms with Crippen LogP contribution in [0.4, 0.5) is 11.4 Å². The fourth-order valence-corrected chi connectivity index (χ4v) is 3.89. The Bertz CT molecular complexity index is 1090. The van der Waals surface area contributed by atoms with Crippen LogP contribution in [0.5, 0.6) is 0 Å². The van der Waals surface area contributed by atoms with Crippen molar-refractivity contribution in [2.75, 3.05) is 36.9 Å². The summed E-state index contributed by atoms with van der Waals surface area (Å²) in [5, 5.41) is 9.17. The molecule has 31 heavy (non-hydrogen) atoms. The first-order chi connectivity index (χ1) is 15.1. The highest BCUT2D eigenvalue weighted by Crippen LogP contribution is 2.20. The van der Waals surface area contributed by atoms with E-state index in [1.807, 2.05) is 5.38 Å². The molecule has 1 saturated heterocycles. The smallest absolute Gasteiger partial charge is 0.257 e. The number of morpholine rings is 1. The standard InChI is InChI=1S/C23H21N3O4S/c27-21(17-8-13-31-15-17)25-20-7-2-1-6-19(20)22(28)24-18-5-3-4-16(14-18)23(29)26-9-11-30-12-10-26/h1-8,13-15H,9-12H2,(H,24,28)(H,25,27). The number of nitrogens with one attached hydrogen (secondary N) is 2. The molecule has 1 aliphatic rings. The molecule has 8 heteroatoms. The normalized spacial score (nSPS) is 13.5. The molecule has 2 N–H and O–H groups in total. The minimum absolute atomic E-state index is 0.0946. The summed E-state index contributed by atoms with van der Waals surface area (Å²) >= 11 is 1.43. The lowest BCUT2D eigenvalue weighted by molar-refractivity contribution is 0.0303. The Balaban J connectivity index is 1.49. The molecule has 1 fully saturated rings. The van der Waals surface area contributed by atoms with E-state index in [9.17, 15) is 14.4 Å². The lowest BCUT2D eigenvalue weighted by Gasteiger charge is -2.27. The van der Waals surface area contributed by atoms with E-state index in [2.05, 4.69) is 10.6 Å². The van der Waals surface area contributed by atoms with Gasteiger partial charge in [0, 0.05) is 29.7 Å². The van der Waals surface area contributed by atoms with E-state index in [4.69, 9.17) is 4.74 Å². The number of para-hydroxylation sites is 1. The van der Waals surface area contributed by atoms with E-state index in [0.717, 1.165) is 0 Å². The molecular formula is C23H21N3O4S. The third-order valence-corrected chi connectivity index (χ3v) is 5.55. The summed E-state index contributed by atoms with van der Waals surface area (Å²) < 4.78 is 5.29. The maximum atomic E-state index is 12.9. The first-order valence-corrected chi connectivity index (χ1v) is 10.8. The van der Waals surface area contributed by atoms with Crippen molar-refractivity contribution in [1.82, 2.24) is 4.90 Å². The minimum atomic E-state index is -0.378. The molecule has 1 aromatic heterocycles. The average molecular weight is 436 g/mol. The number of ether oxygens (including phenoxy) is 1. The van der Waals surface area contributed by atoms with Crippen LogP contribution in [0.15, 0.2) is 65.4 Å². The number of carbonyl (C=O) groups excluding carboxylic acids is 3. The Morgan fingerprint density at radius 1 is 0.871 bits per heavy atom. The highest BCUT2D eigenvalue weighted by atomic mass is 32.1. The maximum Gasteiger partial charge on any atom is 0.257 e. The topological polar surface area (TPSA) is 87.7 Å². The second kappa shape index (κ2) is 9.55. The molecular weight excluding hydrogens is 414 g/mol. The van der Waals surface area contributed by atoms with E-state index >= 15 is 0 Å². The van der Waals surface area contributed by atoms with Gasteiger partial charge in [-0.05, 0) is 41.8 Å². The third-order valence-electron chi connectivity index (χ3n) is 4.87. The number of nitrogens with zero attached hydrogens (tertiary/aromatic N) is 1. The summed E-state index contributed by atoms with van der Waals surface area (Å²) in [6.45, 7) is 2.14. The molecule has 0 bridgehead atoms. The van der Waals surface area contributed by atoms with Crippen molar-refractivity contribution in [3.8, 4) is 0 Å². The molecule has 0 unspecified atom stereocenters. The molecule has 3 aromatic rings. The van der Waals surface area contributed by atoms with Gasteiger partial charge in [0.1, 0.15) is 0 Å². The summed E-state index contributed by atoms with van der Waals surface area (Å²) in [7, 11) is 0. The molecule has 2 heterocycles. The van der Waals surface area contributed by atoms with Gasteiger partial charge in [0.05, 0.1) is 30.0 Å². The van der Waals surface area contributed by atoms with Crippen LogP contribution >= 0.6 is 11.3 Å². The molecule has 0 atom stereocenters. The first kappa shape index (κ1) is 20.8. The lowest BCUT2D eigenvalue weighted by Crippen LogP contribution is -2.40. The Labute approximate surface area is 183 Å². The number of benzene rings is 2. The number of anilines is 2. The Hall–Kier alpha value is -3.49. The van der Waals surface area contributed by atoms with Gasteiger partial charge in [-0.25, -0.2) is 0 Å². The van der Waals surface area contributed by atoms with E-state index < -0.39 is 0 Å². The highest BCUT2D eigenvalue weighted by Gasteiger charge is 2.19. The SMILES string of the molecule is O=C(Nc1ccccc1C(=O)Nc1cccc(C(=O)N2CCOCC2)c1)c1ccsc1. The minimum Gasteiger partial charge on any atom is -0.378 e. The van der Waals surface area contributed by atoms with Crippen molar-refractivity contribution >= 4 is 40.4 Å². The van der Waals surface area contributed by atoms with Gasteiger partial charge >= 0.3 is 0 Å². The molecule has 0 saturated carbocycles. The number of hydrogen-bond donors (Lipinski definition) is 2. The van der Waals surface area contributed by atoms with E-state index in [1.165, 1.54) is 11.3 Å². The van der Waals surface area contributed by atoms with Crippen LogP contribution in [-0.4, -0.2) is 48.9 Å². The quantitative estimate of drug-likeness (QED) is 0.639. The van der Waals surface area contributed by atoms with E-state index in [0.29, 0.717) is 54.4 Å².